The standard InChI is InChI=1S/C12H23N3O4/c1-4-7-12(2,3)15-11(19)14-8(10(17)18)5-6-9(13)16/h8H,4-7H2,1-3H3,(H2,13,16)(H,17,18)(H2,14,15,19)/t8-/m1/s1. The summed E-state index contributed by atoms with van der Waals surface area (Å²) in [5.74, 6) is -1.79. The summed E-state index contributed by atoms with van der Waals surface area (Å²) in [6.45, 7) is 5.71. The summed E-state index contributed by atoms with van der Waals surface area (Å²) in [7, 11) is 0. The summed E-state index contributed by atoms with van der Waals surface area (Å²) in [6, 6.07) is -1.68. The van der Waals surface area contributed by atoms with Gasteiger partial charge in [-0.2, -0.15) is 0 Å². The Morgan fingerprint density at radius 3 is 2.32 bits per heavy atom. The Morgan fingerprint density at radius 1 is 1.32 bits per heavy atom. The molecule has 19 heavy (non-hydrogen) atoms. The van der Waals surface area contributed by atoms with Crippen molar-refractivity contribution in [3.8, 4) is 0 Å². The maximum Gasteiger partial charge on any atom is 0.326 e. The minimum Gasteiger partial charge on any atom is -0.480 e. The van der Waals surface area contributed by atoms with E-state index in [1.54, 1.807) is 0 Å². The summed E-state index contributed by atoms with van der Waals surface area (Å²) in [5, 5.41) is 14.0. The van der Waals surface area contributed by atoms with Crippen LogP contribution in [0.3, 0.4) is 0 Å². The zero-order chi connectivity index (χ0) is 15.1. The van der Waals surface area contributed by atoms with E-state index < -0.39 is 29.5 Å². The summed E-state index contributed by atoms with van der Waals surface area (Å²) < 4.78 is 0. The van der Waals surface area contributed by atoms with E-state index in [1.165, 1.54) is 0 Å². The minimum absolute atomic E-state index is 0.0215. The molecule has 0 aromatic carbocycles. The van der Waals surface area contributed by atoms with Gasteiger partial charge in [0.25, 0.3) is 0 Å². The molecule has 1 atom stereocenters. The topological polar surface area (TPSA) is 122 Å². The number of carboxylic acids is 1. The van der Waals surface area contributed by atoms with Crippen molar-refractivity contribution in [3.63, 3.8) is 0 Å². The van der Waals surface area contributed by atoms with Crippen LogP contribution in [0.25, 0.3) is 0 Å². The molecule has 7 heteroatoms. The first-order valence-corrected chi connectivity index (χ1v) is 6.27. The molecule has 3 amide bonds. The number of rotatable bonds is 8. The molecule has 0 aliphatic rings. The summed E-state index contributed by atoms with van der Waals surface area (Å²) in [5.41, 5.74) is 4.54. The van der Waals surface area contributed by atoms with Crippen LogP contribution in [0.2, 0.25) is 0 Å². The van der Waals surface area contributed by atoms with Gasteiger partial charge in [-0.05, 0) is 26.7 Å². The lowest BCUT2D eigenvalue weighted by atomic mass is 9.99. The Bertz CT molecular complexity index is 342. The van der Waals surface area contributed by atoms with Gasteiger partial charge in [-0.3, -0.25) is 4.79 Å². The molecule has 0 aromatic rings. The number of carbonyl (C=O) groups is 3. The number of carboxylic acid groups (broad SMARTS) is 1. The predicted molar refractivity (Wildman–Crippen MR) is 70.5 cm³/mol. The van der Waals surface area contributed by atoms with Crippen LogP contribution in [0, 0.1) is 0 Å². The molecule has 0 aliphatic heterocycles. The Hall–Kier alpha value is -1.79. The molecule has 0 heterocycles. The quantitative estimate of drug-likeness (QED) is 0.516. The molecule has 0 spiro atoms. The van der Waals surface area contributed by atoms with Gasteiger partial charge in [0.1, 0.15) is 6.04 Å². The number of aliphatic carboxylic acids is 1. The van der Waals surface area contributed by atoms with Gasteiger partial charge in [0.2, 0.25) is 5.91 Å². The SMILES string of the molecule is CCCC(C)(C)NC(=O)N[C@H](CCC(N)=O)C(=O)O. The molecule has 0 fully saturated rings. The zero-order valence-electron chi connectivity index (χ0n) is 11.7. The highest BCUT2D eigenvalue weighted by Crippen LogP contribution is 2.10. The van der Waals surface area contributed by atoms with Crippen LogP contribution in [0.1, 0.15) is 46.5 Å². The lowest BCUT2D eigenvalue weighted by Gasteiger charge is -2.27. The zero-order valence-corrected chi connectivity index (χ0v) is 11.7. The number of hydrogen-bond donors (Lipinski definition) is 4. The fourth-order valence-corrected chi connectivity index (χ4v) is 1.73. The molecule has 0 bridgehead atoms. The van der Waals surface area contributed by atoms with Crippen molar-refractivity contribution in [1.82, 2.24) is 10.6 Å². The van der Waals surface area contributed by atoms with Crippen LogP contribution >= 0.6 is 0 Å². The Labute approximate surface area is 112 Å². The number of nitrogens with two attached hydrogens (primary N) is 1. The van der Waals surface area contributed by atoms with E-state index in [1.807, 2.05) is 20.8 Å². The number of primary amides is 1. The summed E-state index contributed by atoms with van der Waals surface area (Å²) >= 11 is 0. The van der Waals surface area contributed by atoms with Crippen LogP contribution in [0.4, 0.5) is 4.79 Å². The van der Waals surface area contributed by atoms with Gasteiger partial charge in [-0.15, -0.1) is 0 Å². The number of amides is 3. The molecule has 0 rings (SSSR count). The summed E-state index contributed by atoms with van der Waals surface area (Å²) in [6.07, 6.45) is 1.57. The number of carbonyl (C=O) groups excluding carboxylic acids is 2. The molecule has 0 aromatic heterocycles. The monoisotopic (exact) mass is 273 g/mol. The van der Waals surface area contributed by atoms with E-state index in [9.17, 15) is 14.4 Å². The average Bonchev–Trinajstić information content (AvgIpc) is 2.22. The van der Waals surface area contributed by atoms with Gasteiger partial charge in [-0.1, -0.05) is 13.3 Å². The maximum atomic E-state index is 11.7. The van der Waals surface area contributed by atoms with Crippen molar-refractivity contribution < 1.29 is 19.5 Å². The minimum atomic E-state index is -1.19. The van der Waals surface area contributed by atoms with Gasteiger partial charge in [0.15, 0.2) is 0 Å². The van der Waals surface area contributed by atoms with E-state index in [4.69, 9.17) is 10.8 Å². The van der Waals surface area contributed by atoms with Gasteiger partial charge < -0.3 is 21.5 Å². The van der Waals surface area contributed by atoms with Crippen molar-refractivity contribution in [2.75, 3.05) is 0 Å². The van der Waals surface area contributed by atoms with E-state index in [0.717, 1.165) is 12.8 Å². The third-order valence-electron chi connectivity index (χ3n) is 2.61. The number of hydrogen-bond acceptors (Lipinski definition) is 3. The lowest BCUT2D eigenvalue weighted by Crippen LogP contribution is -2.52. The predicted octanol–water partition coefficient (Wildman–Crippen LogP) is 0.583. The van der Waals surface area contributed by atoms with Crippen LogP contribution in [0.5, 0.6) is 0 Å². The molecular formula is C12H23N3O4. The second kappa shape index (κ2) is 7.60. The molecule has 5 N–H and O–H groups in total. The molecule has 0 unspecified atom stereocenters. The highest BCUT2D eigenvalue weighted by atomic mass is 16.4. The fourth-order valence-electron chi connectivity index (χ4n) is 1.73. The molecule has 110 valence electrons. The van der Waals surface area contributed by atoms with Gasteiger partial charge in [0, 0.05) is 12.0 Å². The second-order valence-electron chi connectivity index (χ2n) is 5.13. The smallest absolute Gasteiger partial charge is 0.326 e. The van der Waals surface area contributed by atoms with Crippen molar-refractivity contribution in [2.24, 2.45) is 5.73 Å². The normalized spacial score (nSPS) is 12.6. The molecular weight excluding hydrogens is 250 g/mol. The summed E-state index contributed by atoms with van der Waals surface area (Å²) in [4.78, 5) is 33.3. The second-order valence-corrected chi connectivity index (χ2v) is 5.13. The average molecular weight is 273 g/mol. The Morgan fingerprint density at radius 2 is 1.89 bits per heavy atom. The van der Waals surface area contributed by atoms with Gasteiger partial charge in [0.05, 0.1) is 0 Å². The Balaban J connectivity index is 4.39. The third-order valence-corrected chi connectivity index (χ3v) is 2.61. The number of urea groups is 1. The Kier molecular flexibility index (Phi) is 6.89. The maximum absolute atomic E-state index is 11.7. The largest absolute Gasteiger partial charge is 0.480 e. The molecule has 0 saturated carbocycles. The van der Waals surface area contributed by atoms with Crippen LogP contribution in [-0.4, -0.2) is 34.6 Å². The van der Waals surface area contributed by atoms with Crippen molar-refractivity contribution >= 4 is 17.9 Å². The first-order valence-electron chi connectivity index (χ1n) is 6.27. The van der Waals surface area contributed by atoms with E-state index in [-0.39, 0.29) is 12.8 Å². The first kappa shape index (κ1) is 17.2. The fraction of sp³-hybridized carbons (Fsp3) is 0.750. The van der Waals surface area contributed by atoms with Crippen molar-refractivity contribution in [2.45, 2.75) is 58.0 Å². The highest BCUT2D eigenvalue weighted by molar-refractivity contribution is 5.83. The third kappa shape index (κ3) is 8.01. The molecule has 0 radical (unpaired) electrons. The van der Waals surface area contributed by atoms with Crippen LogP contribution in [0.15, 0.2) is 0 Å². The molecule has 0 saturated heterocycles. The van der Waals surface area contributed by atoms with Crippen molar-refractivity contribution in [1.29, 1.82) is 0 Å². The molecule has 0 aliphatic carbocycles. The highest BCUT2D eigenvalue weighted by Gasteiger charge is 2.24. The molecule has 7 nitrogen and oxygen atoms in total. The van der Waals surface area contributed by atoms with Gasteiger partial charge in [-0.25, -0.2) is 9.59 Å². The van der Waals surface area contributed by atoms with E-state index in [0.29, 0.717) is 0 Å². The van der Waals surface area contributed by atoms with E-state index >= 15 is 0 Å². The van der Waals surface area contributed by atoms with Crippen LogP contribution in [-0.2, 0) is 9.59 Å². The van der Waals surface area contributed by atoms with Crippen LogP contribution < -0.4 is 16.4 Å². The van der Waals surface area contributed by atoms with Gasteiger partial charge >= 0.3 is 12.0 Å². The lowest BCUT2D eigenvalue weighted by molar-refractivity contribution is -0.139. The first-order chi connectivity index (χ1) is 8.68. The van der Waals surface area contributed by atoms with Crippen molar-refractivity contribution in [3.05, 3.63) is 0 Å². The number of nitrogens with one attached hydrogen (secondary N) is 2. The van der Waals surface area contributed by atoms with E-state index in [2.05, 4.69) is 10.6 Å².